The van der Waals surface area contributed by atoms with Crippen LogP contribution in [0.25, 0.3) is 0 Å². The number of benzene rings is 1. The molecule has 0 unspecified atom stereocenters. The summed E-state index contributed by atoms with van der Waals surface area (Å²) in [6.07, 6.45) is 2.13. The van der Waals surface area contributed by atoms with Gasteiger partial charge in [-0.25, -0.2) is 0 Å². The van der Waals surface area contributed by atoms with E-state index in [-0.39, 0.29) is 17.9 Å². The summed E-state index contributed by atoms with van der Waals surface area (Å²) in [6, 6.07) is 4.94. The molecule has 1 fully saturated rings. The Balaban J connectivity index is 1.96. The maximum atomic E-state index is 12.5. The quantitative estimate of drug-likeness (QED) is 0.885. The molecule has 1 saturated heterocycles. The number of hydrogen-bond donors (Lipinski definition) is 2. The number of carbonyl (C=O) groups is 2. The van der Waals surface area contributed by atoms with Crippen LogP contribution in [0.15, 0.2) is 18.2 Å². The van der Waals surface area contributed by atoms with E-state index >= 15 is 0 Å². The molecule has 0 radical (unpaired) electrons. The van der Waals surface area contributed by atoms with Crippen LogP contribution < -0.4 is 10.6 Å². The SMILES string of the molecule is CC(=O)Nc1ccc(N[C@H](C)C(=O)N2CCC(C)CC2)cc1Cl. The standard InChI is InChI=1S/C17H24ClN3O2/c1-11-6-8-21(9-7-11)17(23)12(2)19-14-4-5-16(15(18)10-14)20-13(3)22/h4-5,10-12,19H,6-9H2,1-3H3,(H,20,22)/t12-/m1/s1. The number of nitrogens with zero attached hydrogens (tertiary/aromatic N) is 1. The summed E-state index contributed by atoms with van der Waals surface area (Å²) in [5.41, 5.74) is 1.32. The molecule has 0 saturated carbocycles. The zero-order valence-electron chi connectivity index (χ0n) is 13.9. The molecular weight excluding hydrogens is 314 g/mol. The first-order valence-electron chi connectivity index (χ1n) is 7.99. The number of halogens is 1. The third kappa shape index (κ3) is 4.86. The van der Waals surface area contributed by atoms with Crippen LogP contribution in [-0.4, -0.2) is 35.8 Å². The number of likely N-dealkylation sites (tertiary alicyclic amines) is 1. The van der Waals surface area contributed by atoms with E-state index in [1.54, 1.807) is 18.2 Å². The third-order valence-corrected chi connectivity index (χ3v) is 4.44. The summed E-state index contributed by atoms with van der Waals surface area (Å²) in [7, 11) is 0. The van der Waals surface area contributed by atoms with Gasteiger partial charge >= 0.3 is 0 Å². The molecule has 0 aliphatic carbocycles. The minimum Gasteiger partial charge on any atom is -0.374 e. The van der Waals surface area contributed by atoms with E-state index in [0.29, 0.717) is 16.6 Å². The molecule has 1 aliphatic heterocycles. The molecule has 2 N–H and O–H groups in total. The van der Waals surface area contributed by atoms with Gasteiger partial charge in [-0.3, -0.25) is 9.59 Å². The van der Waals surface area contributed by atoms with Gasteiger partial charge in [0.25, 0.3) is 0 Å². The molecule has 2 amide bonds. The minimum atomic E-state index is -0.314. The summed E-state index contributed by atoms with van der Waals surface area (Å²) in [4.78, 5) is 25.5. The largest absolute Gasteiger partial charge is 0.374 e. The fourth-order valence-corrected chi connectivity index (χ4v) is 2.94. The van der Waals surface area contributed by atoms with Crippen molar-refractivity contribution in [3.05, 3.63) is 23.2 Å². The predicted molar refractivity (Wildman–Crippen MR) is 93.8 cm³/mol. The first-order chi connectivity index (χ1) is 10.9. The fraction of sp³-hybridized carbons (Fsp3) is 0.529. The predicted octanol–water partition coefficient (Wildman–Crippen LogP) is 3.36. The third-order valence-electron chi connectivity index (χ3n) is 4.13. The number of hydrogen-bond acceptors (Lipinski definition) is 3. The summed E-state index contributed by atoms with van der Waals surface area (Å²) in [5.74, 6) is 0.636. The zero-order chi connectivity index (χ0) is 17.0. The molecule has 6 heteroatoms. The first kappa shape index (κ1) is 17.6. The molecule has 0 bridgehead atoms. The Hall–Kier alpha value is -1.75. The highest BCUT2D eigenvalue weighted by Crippen LogP contribution is 2.26. The van der Waals surface area contributed by atoms with Crippen molar-refractivity contribution in [3.63, 3.8) is 0 Å². The highest BCUT2D eigenvalue weighted by Gasteiger charge is 2.24. The molecule has 23 heavy (non-hydrogen) atoms. The van der Waals surface area contributed by atoms with Crippen molar-refractivity contribution >= 4 is 34.8 Å². The Bertz CT molecular complexity index is 583. The topological polar surface area (TPSA) is 61.4 Å². The van der Waals surface area contributed by atoms with Gasteiger partial charge in [-0.2, -0.15) is 0 Å². The van der Waals surface area contributed by atoms with Gasteiger partial charge in [-0.1, -0.05) is 18.5 Å². The molecular formula is C17H24ClN3O2. The lowest BCUT2D eigenvalue weighted by molar-refractivity contribution is -0.133. The maximum Gasteiger partial charge on any atom is 0.244 e. The van der Waals surface area contributed by atoms with E-state index < -0.39 is 0 Å². The molecule has 1 atom stereocenters. The van der Waals surface area contributed by atoms with E-state index in [1.165, 1.54) is 6.92 Å². The molecule has 2 rings (SSSR count). The second-order valence-electron chi connectivity index (χ2n) is 6.25. The lowest BCUT2D eigenvalue weighted by Gasteiger charge is -2.32. The average Bonchev–Trinajstić information content (AvgIpc) is 2.49. The smallest absolute Gasteiger partial charge is 0.244 e. The molecule has 1 heterocycles. The lowest BCUT2D eigenvalue weighted by Crippen LogP contribution is -2.45. The molecule has 0 aromatic heterocycles. The van der Waals surface area contributed by atoms with Gasteiger partial charge in [0.05, 0.1) is 10.7 Å². The van der Waals surface area contributed by atoms with Crippen LogP contribution in [0, 0.1) is 5.92 Å². The van der Waals surface area contributed by atoms with Crippen LogP contribution in [0.1, 0.15) is 33.6 Å². The second-order valence-corrected chi connectivity index (χ2v) is 6.66. The molecule has 1 aliphatic rings. The molecule has 126 valence electrons. The van der Waals surface area contributed by atoms with Gasteiger partial charge in [-0.15, -0.1) is 0 Å². The minimum absolute atomic E-state index is 0.110. The number of nitrogens with one attached hydrogen (secondary N) is 2. The molecule has 0 spiro atoms. The average molecular weight is 338 g/mol. The number of amides is 2. The zero-order valence-corrected chi connectivity index (χ0v) is 14.6. The van der Waals surface area contributed by atoms with Gasteiger partial charge in [0.1, 0.15) is 6.04 Å². The van der Waals surface area contributed by atoms with Crippen molar-refractivity contribution in [1.82, 2.24) is 4.90 Å². The number of carbonyl (C=O) groups excluding carboxylic acids is 2. The number of piperidine rings is 1. The van der Waals surface area contributed by atoms with Gasteiger partial charge < -0.3 is 15.5 Å². The Morgan fingerprint density at radius 2 is 1.96 bits per heavy atom. The Labute approximate surface area is 142 Å². The summed E-state index contributed by atoms with van der Waals surface area (Å²) < 4.78 is 0. The highest BCUT2D eigenvalue weighted by atomic mass is 35.5. The van der Waals surface area contributed by atoms with E-state index in [9.17, 15) is 9.59 Å². The van der Waals surface area contributed by atoms with Crippen molar-refractivity contribution < 1.29 is 9.59 Å². The van der Waals surface area contributed by atoms with Gasteiger partial charge in [0.2, 0.25) is 11.8 Å². The maximum absolute atomic E-state index is 12.5. The molecule has 5 nitrogen and oxygen atoms in total. The van der Waals surface area contributed by atoms with Crippen LogP contribution >= 0.6 is 11.6 Å². The van der Waals surface area contributed by atoms with Crippen LogP contribution in [0.4, 0.5) is 11.4 Å². The normalized spacial score (nSPS) is 16.8. The van der Waals surface area contributed by atoms with Crippen LogP contribution in [-0.2, 0) is 9.59 Å². The lowest BCUT2D eigenvalue weighted by atomic mass is 9.99. The Morgan fingerprint density at radius 3 is 2.52 bits per heavy atom. The van der Waals surface area contributed by atoms with Crippen LogP contribution in [0.3, 0.4) is 0 Å². The highest BCUT2D eigenvalue weighted by molar-refractivity contribution is 6.34. The summed E-state index contributed by atoms with van der Waals surface area (Å²) >= 11 is 6.15. The van der Waals surface area contributed by atoms with Gasteiger partial charge in [0.15, 0.2) is 0 Å². The van der Waals surface area contributed by atoms with E-state index in [1.807, 2.05) is 11.8 Å². The summed E-state index contributed by atoms with van der Waals surface area (Å²) in [5, 5.41) is 6.28. The van der Waals surface area contributed by atoms with Crippen molar-refractivity contribution in [1.29, 1.82) is 0 Å². The van der Waals surface area contributed by atoms with E-state index in [4.69, 9.17) is 11.6 Å². The van der Waals surface area contributed by atoms with Crippen LogP contribution in [0.2, 0.25) is 5.02 Å². The van der Waals surface area contributed by atoms with E-state index in [2.05, 4.69) is 17.6 Å². The molecule has 1 aromatic rings. The van der Waals surface area contributed by atoms with Crippen LogP contribution in [0.5, 0.6) is 0 Å². The molecule has 1 aromatic carbocycles. The van der Waals surface area contributed by atoms with Crippen molar-refractivity contribution in [2.75, 3.05) is 23.7 Å². The van der Waals surface area contributed by atoms with Crippen molar-refractivity contribution in [2.45, 2.75) is 39.7 Å². The Kier molecular flexibility index (Phi) is 5.88. The van der Waals surface area contributed by atoms with E-state index in [0.717, 1.165) is 31.6 Å². The van der Waals surface area contributed by atoms with Gasteiger partial charge in [0, 0.05) is 25.7 Å². The first-order valence-corrected chi connectivity index (χ1v) is 8.37. The van der Waals surface area contributed by atoms with Crippen molar-refractivity contribution in [2.24, 2.45) is 5.92 Å². The fourth-order valence-electron chi connectivity index (χ4n) is 2.71. The summed E-state index contributed by atoms with van der Waals surface area (Å²) in [6.45, 7) is 7.17. The Morgan fingerprint density at radius 1 is 1.30 bits per heavy atom. The second kappa shape index (κ2) is 7.68. The number of rotatable bonds is 4. The van der Waals surface area contributed by atoms with Crippen molar-refractivity contribution in [3.8, 4) is 0 Å². The number of anilines is 2. The monoisotopic (exact) mass is 337 g/mol. The van der Waals surface area contributed by atoms with Gasteiger partial charge in [-0.05, 0) is 43.9 Å².